The smallest absolute Gasteiger partial charge is 0.0954 e. The fraction of sp³-hybridized carbons (Fsp3) is 0.148. The average Bonchev–Trinajstić information content (AvgIpc) is 3.20. The molecule has 0 fully saturated rings. The second-order valence-electron chi connectivity index (χ2n) is 7.56. The Hall–Kier alpha value is -3.39. The first-order valence-corrected chi connectivity index (χ1v) is 9.99. The highest BCUT2D eigenvalue weighted by Gasteiger charge is 2.24. The molecule has 2 heteroatoms. The van der Waals surface area contributed by atoms with E-state index in [2.05, 4.69) is 103 Å². The normalized spacial score (nSPS) is 11.0. The van der Waals surface area contributed by atoms with Crippen molar-refractivity contribution < 1.29 is 0 Å². The Kier molecular flexibility index (Phi) is 5.44. The summed E-state index contributed by atoms with van der Waals surface area (Å²) in [5, 5.41) is 0. The highest BCUT2D eigenvalue weighted by atomic mass is 15.0. The van der Waals surface area contributed by atoms with Crippen molar-refractivity contribution in [3.8, 4) is 0 Å². The summed E-state index contributed by atoms with van der Waals surface area (Å²) in [6.07, 6.45) is 3.84. The number of benzene rings is 3. The van der Waals surface area contributed by atoms with E-state index >= 15 is 0 Å². The van der Waals surface area contributed by atoms with Gasteiger partial charge in [-0.15, -0.1) is 0 Å². The van der Waals surface area contributed by atoms with Crippen molar-refractivity contribution in [1.29, 1.82) is 0 Å². The van der Waals surface area contributed by atoms with Gasteiger partial charge < -0.3 is 4.57 Å². The summed E-state index contributed by atoms with van der Waals surface area (Å²) in [7, 11) is 0. The Bertz CT molecular complexity index is 1080. The monoisotopic (exact) mass is 378 g/mol. The molecule has 3 aromatic carbocycles. The quantitative estimate of drug-likeness (QED) is 0.380. The molecule has 4 aromatic rings. The van der Waals surface area contributed by atoms with Gasteiger partial charge in [-0.2, -0.15) is 0 Å². The van der Waals surface area contributed by atoms with Gasteiger partial charge in [0, 0.05) is 12.5 Å². The number of hydrogen-bond donors (Lipinski definition) is 0. The van der Waals surface area contributed by atoms with Crippen LogP contribution in [0.4, 0.5) is 0 Å². The first kappa shape index (κ1) is 18.9. The average molecular weight is 379 g/mol. The molecule has 2 nitrogen and oxygen atoms in total. The third-order valence-electron chi connectivity index (χ3n) is 5.58. The van der Waals surface area contributed by atoms with Crippen molar-refractivity contribution in [3.63, 3.8) is 0 Å². The standard InChI is InChI=1S/C27H26N2/c1-20-11-7-9-15-24(20)27(25-16-10-8-12-21(25)2)22(3)26-17-28-19-29(26)18-23-13-5-4-6-14-23/h4-17,19,27H,3,18H2,1-2H3. The van der Waals surface area contributed by atoms with Crippen LogP contribution in [0.1, 0.15) is 39.4 Å². The van der Waals surface area contributed by atoms with Crippen LogP contribution in [-0.2, 0) is 6.54 Å². The maximum Gasteiger partial charge on any atom is 0.0954 e. The van der Waals surface area contributed by atoms with Gasteiger partial charge >= 0.3 is 0 Å². The van der Waals surface area contributed by atoms with Crippen molar-refractivity contribution in [1.82, 2.24) is 9.55 Å². The van der Waals surface area contributed by atoms with Crippen molar-refractivity contribution >= 4 is 5.57 Å². The van der Waals surface area contributed by atoms with E-state index in [1.165, 1.54) is 27.8 Å². The minimum Gasteiger partial charge on any atom is -0.326 e. The van der Waals surface area contributed by atoms with Crippen molar-refractivity contribution in [2.75, 3.05) is 0 Å². The number of hydrogen-bond acceptors (Lipinski definition) is 1. The third-order valence-corrected chi connectivity index (χ3v) is 5.58. The molecular formula is C27H26N2. The molecule has 0 atom stereocenters. The lowest BCUT2D eigenvalue weighted by atomic mass is 9.80. The van der Waals surface area contributed by atoms with E-state index in [1.807, 2.05) is 18.6 Å². The van der Waals surface area contributed by atoms with E-state index in [-0.39, 0.29) is 5.92 Å². The summed E-state index contributed by atoms with van der Waals surface area (Å²) >= 11 is 0. The molecule has 144 valence electrons. The molecule has 0 amide bonds. The molecule has 0 bridgehead atoms. The molecule has 4 rings (SSSR count). The minimum atomic E-state index is 0.0867. The van der Waals surface area contributed by atoms with Gasteiger partial charge in [-0.1, -0.05) is 85.4 Å². The Morgan fingerprint density at radius 1 is 0.828 bits per heavy atom. The number of rotatable bonds is 6. The predicted molar refractivity (Wildman–Crippen MR) is 121 cm³/mol. The molecule has 0 saturated heterocycles. The van der Waals surface area contributed by atoms with Crippen molar-refractivity contribution in [3.05, 3.63) is 131 Å². The molecule has 29 heavy (non-hydrogen) atoms. The second kappa shape index (κ2) is 8.32. The van der Waals surface area contributed by atoms with Crippen LogP contribution in [-0.4, -0.2) is 9.55 Å². The van der Waals surface area contributed by atoms with E-state index in [0.717, 1.165) is 17.8 Å². The molecule has 0 unspecified atom stereocenters. The molecule has 0 radical (unpaired) electrons. The van der Waals surface area contributed by atoms with Gasteiger partial charge in [0.2, 0.25) is 0 Å². The fourth-order valence-corrected chi connectivity index (χ4v) is 4.01. The van der Waals surface area contributed by atoms with Gasteiger partial charge in [0.05, 0.1) is 18.2 Å². The number of aryl methyl sites for hydroxylation is 2. The van der Waals surface area contributed by atoms with Crippen molar-refractivity contribution in [2.45, 2.75) is 26.3 Å². The van der Waals surface area contributed by atoms with E-state index in [9.17, 15) is 0 Å². The molecule has 0 N–H and O–H groups in total. The van der Waals surface area contributed by atoms with Crippen LogP contribution in [0.3, 0.4) is 0 Å². The zero-order valence-corrected chi connectivity index (χ0v) is 17.0. The van der Waals surface area contributed by atoms with Gasteiger partial charge in [-0.05, 0) is 47.2 Å². The molecule has 1 heterocycles. The van der Waals surface area contributed by atoms with Crippen LogP contribution in [0.5, 0.6) is 0 Å². The number of aromatic nitrogens is 2. The van der Waals surface area contributed by atoms with Crippen LogP contribution in [0.15, 0.2) is 98.0 Å². The lowest BCUT2D eigenvalue weighted by Gasteiger charge is -2.25. The SMILES string of the molecule is C=C(c1cncn1Cc1ccccc1)C(c1ccccc1C)c1ccccc1C. The number of allylic oxidation sites excluding steroid dienone is 1. The Morgan fingerprint density at radius 3 is 1.97 bits per heavy atom. The van der Waals surface area contributed by atoms with Gasteiger partial charge in [-0.25, -0.2) is 4.98 Å². The number of imidazole rings is 1. The predicted octanol–water partition coefficient (Wildman–Crippen LogP) is 6.39. The summed E-state index contributed by atoms with van der Waals surface area (Å²) in [5.41, 5.74) is 8.53. The second-order valence-corrected chi connectivity index (χ2v) is 7.56. The third kappa shape index (κ3) is 3.93. The van der Waals surface area contributed by atoms with Crippen LogP contribution < -0.4 is 0 Å². The molecule has 0 aliphatic carbocycles. The van der Waals surface area contributed by atoms with Crippen LogP contribution in [0, 0.1) is 13.8 Å². The Morgan fingerprint density at radius 2 is 1.38 bits per heavy atom. The molecular weight excluding hydrogens is 352 g/mol. The lowest BCUT2D eigenvalue weighted by Crippen LogP contribution is -2.11. The zero-order valence-electron chi connectivity index (χ0n) is 17.0. The molecule has 0 saturated carbocycles. The van der Waals surface area contributed by atoms with Crippen LogP contribution in [0.25, 0.3) is 5.57 Å². The highest BCUT2D eigenvalue weighted by molar-refractivity contribution is 5.72. The minimum absolute atomic E-state index is 0.0867. The first-order valence-electron chi connectivity index (χ1n) is 9.99. The summed E-state index contributed by atoms with van der Waals surface area (Å²) in [6, 6.07) is 27.7. The van der Waals surface area contributed by atoms with Crippen LogP contribution in [0.2, 0.25) is 0 Å². The molecule has 0 aliphatic heterocycles. The van der Waals surface area contributed by atoms with Crippen LogP contribution >= 0.6 is 0 Å². The number of nitrogens with zero attached hydrogens (tertiary/aromatic N) is 2. The van der Waals surface area contributed by atoms with Gasteiger partial charge in [-0.3, -0.25) is 0 Å². The molecule has 1 aromatic heterocycles. The summed E-state index contributed by atoms with van der Waals surface area (Å²) in [4.78, 5) is 4.46. The topological polar surface area (TPSA) is 17.8 Å². The Balaban J connectivity index is 1.79. The molecule has 0 aliphatic rings. The van der Waals surface area contributed by atoms with Gasteiger partial charge in [0.25, 0.3) is 0 Å². The maximum absolute atomic E-state index is 4.57. The Labute approximate surface area is 173 Å². The summed E-state index contributed by atoms with van der Waals surface area (Å²) in [5.74, 6) is 0.0867. The molecule has 0 spiro atoms. The summed E-state index contributed by atoms with van der Waals surface area (Å²) in [6.45, 7) is 9.71. The van der Waals surface area contributed by atoms with Gasteiger partial charge in [0.1, 0.15) is 0 Å². The lowest BCUT2D eigenvalue weighted by molar-refractivity contribution is 0.779. The van der Waals surface area contributed by atoms with E-state index in [0.29, 0.717) is 0 Å². The van der Waals surface area contributed by atoms with E-state index < -0.39 is 0 Å². The zero-order chi connectivity index (χ0) is 20.2. The van der Waals surface area contributed by atoms with Crippen molar-refractivity contribution in [2.24, 2.45) is 0 Å². The largest absolute Gasteiger partial charge is 0.326 e. The van der Waals surface area contributed by atoms with E-state index in [1.54, 1.807) is 0 Å². The summed E-state index contributed by atoms with van der Waals surface area (Å²) < 4.78 is 2.20. The van der Waals surface area contributed by atoms with Gasteiger partial charge in [0.15, 0.2) is 0 Å². The first-order chi connectivity index (χ1) is 14.1. The van der Waals surface area contributed by atoms with E-state index in [4.69, 9.17) is 0 Å². The fourth-order valence-electron chi connectivity index (χ4n) is 4.01. The maximum atomic E-state index is 4.57. The highest BCUT2D eigenvalue weighted by Crippen LogP contribution is 2.39.